The molecule has 0 saturated heterocycles. The van der Waals surface area contributed by atoms with Gasteiger partial charge < -0.3 is 0 Å². The molecule has 0 aliphatic heterocycles. The number of rotatable bonds is 1. The van der Waals surface area contributed by atoms with Crippen molar-refractivity contribution < 1.29 is 0 Å². The van der Waals surface area contributed by atoms with Gasteiger partial charge in [-0.1, -0.05) is 24.9 Å². The van der Waals surface area contributed by atoms with E-state index in [1.807, 2.05) is 0 Å². The van der Waals surface area contributed by atoms with Crippen molar-refractivity contribution in [1.82, 2.24) is 20.6 Å². The largest absolute Gasteiger partial charge is 0.178 e. The summed E-state index contributed by atoms with van der Waals surface area (Å²) in [7, 11) is -1.30. The minimum atomic E-state index is -1.30. The highest BCUT2D eigenvalue weighted by molar-refractivity contribution is 6.87. The van der Waals surface area contributed by atoms with E-state index in [2.05, 4.69) is 40.3 Å². The third kappa shape index (κ3) is 1.35. The van der Waals surface area contributed by atoms with Crippen LogP contribution in [0.4, 0.5) is 0 Å². The van der Waals surface area contributed by atoms with E-state index < -0.39 is 8.07 Å². The van der Waals surface area contributed by atoms with Gasteiger partial charge in [0.25, 0.3) is 0 Å². The molecule has 0 atom stereocenters. The molecule has 0 aliphatic carbocycles. The molecule has 0 aliphatic rings. The molecule has 50 valence electrons. The van der Waals surface area contributed by atoms with E-state index in [0.717, 1.165) is 5.45 Å². The Hall–Kier alpha value is -0.713. The van der Waals surface area contributed by atoms with Crippen LogP contribution in [0.1, 0.15) is 0 Å². The number of nitrogens with one attached hydrogen (secondary N) is 1. The topological polar surface area (TPSA) is 54.5 Å². The molecule has 9 heavy (non-hydrogen) atoms. The number of aromatic nitrogens is 4. The van der Waals surface area contributed by atoms with Crippen LogP contribution in [0.2, 0.25) is 19.6 Å². The van der Waals surface area contributed by atoms with E-state index in [1.54, 1.807) is 0 Å². The maximum atomic E-state index is 3.90. The van der Waals surface area contributed by atoms with Gasteiger partial charge in [0.05, 0.1) is 0 Å². The Morgan fingerprint density at radius 2 is 2.00 bits per heavy atom. The Bertz CT molecular complexity index is 175. The fraction of sp³-hybridized carbons (Fsp3) is 0.750. The maximum absolute atomic E-state index is 3.90. The summed E-state index contributed by atoms with van der Waals surface area (Å²) >= 11 is 0. The van der Waals surface area contributed by atoms with Crippen LogP contribution < -0.4 is 5.45 Å². The summed E-state index contributed by atoms with van der Waals surface area (Å²) in [6.45, 7) is 6.54. The number of nitrogens with zero attached hydrogens (tertiary/aromatic N) is 3. The summed E-state index contributed by atoms with van der Waals surface area (Å²) in [5.74, 6) is 0. The van der Waals surface area contributed by atoms with Crippen molar-refractivity contribution in [1.29, 1.82) is 0 Å². The molecular weight excluding hydrogens is 132 g/mol. The molecule has 0 bridgehead atoms. The molecule has 0 radical (unpaired) electrons. The molecule has 0 aromatic carbocycles. The third-order valence-corrected chi connectivity index (χ3v) is 2.57. The Morgan fingerprint density at radius 3 is 2.22 bits per heavy atom. The van der Waals surface area contributed by atoms with Crippen molar-refractivity contribution in [3.8, 4) is 0 Å². The highest BCUT2D eigenvalue weighted by Crippen LogP contribution is 1.94. The first-order valence-corrected chi connectivity index (χ1v) is 6.34. The van der Waals surface area contributed by atoms with Crippen LogP contribution in [-0.4, -0.2) is 28.7 Å². The molecule has 0 saturated carbocycles. The molecule has 1 aromatic heterocycles. The maximum Gasteiger partial charge on any atom is 0.151 e. The smallest absolute Gasteiger partial charge is 0.151 e. The van der Waals surface area contributed by atoms with Crippen LogP contribution in [0.3, 0.4) is 0 Å². The first-order valence-electron chi connectivity index (χ1n) is 2.84. The second-order valence-electron chi connectivity index (χ2n) is 2.99. The highest BCUT2D eigenvalue weighted by Gasteiger charge is 2.20. The van der Waals surface area contributed by atoms with Gasteiger partial charge in [0.2, 0.25) is 0 Å². The summed E-state index contributed by atoms with van der Waals surface area (Å²) in [6.07, 6.45) is 0. The highest BCUT2D eigenvalue weighted by atomic mass is 28.3. The standard InChI is InChI=1S/C4H10N4Si/c1-9(2,3)4-5-7-8-6-4/h1-3H3,(H,5,6,7,8). The molecule has 0 fully saturated rings. The minimum absolute atomic E-state index is 0.891. The zero-order valence-corrected chi connectivity index (χ0v) is 6.84. The summed E-state index contributed by atoms with van der Waals surface area (Å²) in [5.41, 5.74) is 0.891. The average molecular weight is 142 g/mol. The van der Waals surface area contributed by atoms with E-state index >= 15 is 0 Å². The normalized spacial score (nSPS) is 11.9. The first-order chi connectivity index (χ1) is 4.11. The van der Waals surface area contributed by atoms with E-state index in [1.165, 1.54) is 0 Å². The van der Waals surface area contributed by atoms with Gasteiger partial charge in [-0.3, -0.25) is 0 Å². The van der Waals surface area contributed by atoms with Crippen LogP contribution in [0.25, 0.3) is 0 Å². The monoisotopic (exact) mass is 142 g/mol. The molecule has 4 nitrogen and oxygen atoms in total. The van der Waals surface area contributed by atoms with Crippen molar-refractivity contribution in [2.45, 2.75) is 19.6 Å². The lowest BCUT2D eigenvalue weighted by Gasteiger charge is -2.06. The Kier molecular flexibility index (Phi) is 1.36. The van der Waals surface area contributed by atoms with Gasteiger partial charge in [0.15, 0.2) is 5.45 Å². The third-order valence-electron chi connectivity index (χ3n) is 1.02. The van der Waals surface area contributed by atoms with Gasteiger partial charge >= 0.3 is 0 Å². The summed E-state index contributed by atoms with van der Waals surface area (Å²) in [4.78, 5) is 0. The summed E-state index contributed by atoms with van der Waals surface area (Å²) in [5, 5.41) is 13.7. The lowest BCUT2D eigenvalue weighted by atomic mass is 11.4. The van der Waals surface area contributed by atoms with Crippen molar-refractivity contribution in [2.24, 2.45) is 0 Å². The van der Waals surface area contributed by atoms with Crippen LogP contribution in [-0.2, 0) is 0 Å². The lowest BCUT2D eigenvalue weighted by molar-refractivity contribution is 0.881. The summed E-state index contributed by atoms with van der Waals surface area (Å²) < 4.78 is 0. The zero-order valence-electron chi connectivity index (χ0n) is 5.84. The van der Waals surface area contributed by atoms with Crippen LogP contribution >= 0.6 is 0 Å². The molecule has 1 rings (SSSR count). The van der Waals surface area contributed by atoms with Gasteiger partial charge in [-0.2, -0.15) is 5.21 Å². The molecule has 1 heterocycles. The van der Waals surface area contributed by atoms with Crippen LogP contribution in [0.5, 0.6) is 0 Å². The van der Waals surface area contributed by atoms with Gasteiger partial charge in [0, 0.05) is 0 Å². The predicted molar refractivity (Wildman–Crippen MR) is 37.2 cm³/mol. The van der Waals surface area contributed by atoms with Crippen molar-refractivity contribution in [3.05, 3.63) is 0 Å². The number of hydrogen-bond donors (Lipinski definition) is 1. The Morgan fingerprint density at radius 1 is 1.33 bits per heavy atom. The van der Waals surface area contributed by atoms with Gasteiger partial charge in [-0.15, -0.1) is 10.2 Å². The quantitative estimate of drug-likeness (QED) is 0.550. The van der Waals surface area contributed by atoms with Crippen molar-refractivity contribution in [2.75, 3.05) is 0 Å². The second kappa shape index (κ2) is 1.91. The predicted octanol–water partition coefficient (Wildman–Crippen LogP) is -0.255. The van der Waals surface area contributed by atoms with Gasteiger partial charge in [-0.05, 0) is 0 Å². The number of hydrogen-bond acceptors (Lipinski definition) is 3. The van der Waals surface area contributed by atoms with Crippen LogP contribution in [0.15, 0.2) is 0 Å². The number of H-pyrrole nitrogens is 1. The fourth-order valence-electron chi connectivity index (χ4n) is 0.480. The van der Waals surface area contributed by atoms with Crippen molar-refractivity contribution in [3.63, 3.8) is 0 Å². The Balaban J connectivity index is 2.90. The van der Waals surface area contributed by atoms with E-state index in [-0.39, 0.29) is 0 Å². The molecule has 0 spiro atoms. The molecule has 1 aromatic rings. The number of aromatic amines is 1. The fourth-order valence-corrected chi connectivity index (χ4v) is 1.21. The molecule has 0 unspecified atom stereocenters. The Labute approximate surface area is 54.7 Å². The first kappa shape index (κ1) is 6.41. The minimum Gasteiger partial charge on any atom is -0.178 e. The van der Waals surface area contributed by atoms with Crippen LogP contribution in [0, 0.1) is 0 Å². The average Bonchev–Trinajstić information content (AvgIpc) is 2.08. The molecular formula is C4H10N4Si. The van der Waals surface area contributed by atoms with Crippen molar-refractivity contribution >= 4 is 13.5 Å². The van der Waals surface area contributed by atoms with Gasteiger partial charge in [-0.25, -0.2) is 0 Å². The molecule has 0 amide bonds. The molecule has 1 N–H and O–H groups in total. The van der Waals surface area contributed by atoms with E-state index in [4.69, 9.17) is 0 Å². The van der Waals surface area contributed by atoms with E-state index in [9.17, 15) is 0 Å². The second-order valence-corrected chi connectivity index (χ2v) is 7.93. The lowest BCUT2D eigenvalue weighted by Crippen LogP contribution is -2.40. The SMILES string of the molecule is C[Si](C)(C)c1nn[nH]n1. The zero-order chi connectivity index (χ0) is 6.91. The number of tetrazole rings is 1. The molecule has 5 heteroatoms. The van der Waals surface area contributed by atoms with E-state index in [0.29, 0.717) is 0 Å². The summed E-state index contributed by atoms with van der Waals surface area (Å²) in [6, 6.07) is 0. The van der Waals surface area contributed by atoms with Gasteiger partial charge in [0.1, 0.15) is 8.07 Å².